The summed E-state index contributed by atoms with van der Waals surface area (Å²) in [6.45, 7) is 7.65. The lowest BCUT2D eigenvalue weighted by molar-refractivity contribution is -0.137. The number of nitrogens with zero attached hydrogens (tertiary/aromatic N) is 2. The van der Waals surface area contributed by atoms with Gasteiger partial charge in [-0.15, -0.1) is 0 Å². The fraction of sp³-hybridized carbons (Fsp3) is 0.692. The molecule has 2 aliphatic carbocycles. The van der Waals surface area contributed by atoms with Crippen molar-refractivity contribution in [2.24, 2.45) is 16.7 Å². The van der Waals surface area contributed by atoms with Crippen LogP contribution in [-0.4, -0.2) is 35.5 Å². The van der Waals surface area contributed by atoms with E-state index in [1.807, 2.05) is 6.20 Å². The quantitative estimate of drug-likeness (QED) is 0.612. The molecule has 0 N–H and O–H groups in total. The molecule has 2 fully saturated rings. The van der Waals surface area contributed by atoms with E-state index in [1.54, 1.807) is 20.2 Å². The van der Waals surface area contributed by atoms with E-state index in [-0.39, 0.29) is 16.7 Å². The zero-order valence-corrected chi connectivity index (χ0v) is 19.2. The van der Waals surface area contributed by atoms with Crippen molar-refractivity contribution in [3.63, 3.8) is 0 Å². The highest BCUT2D eigenvalue weighted by Crippen LogP contribution is 2.55. The largest absolute Gasteiger partial charge is 0.495 e. The summed E-state index contributed by atoms with van der Waals surface area (Å²) in [6, 6.07) is 2.57. The van der Waals surface area contributed by atoms with Gasteiger partial charge in [0.25, 0.3) is 0 Å². The molecule has 0 spiro atoms. The minimum Gasteiger partial charge on any atom is -0.495 e. The van der Waals surface area contributed by atoms with Crippen LogP contribution in [-0.2, 0) is 4.79 Å². The van der Waals surface area contributed by atoms with E-state index in [0.29, 0.717) is 12.0 Å². The van der Waals surface area contributed by atoms with E-state index in [0.717, 1.165) is 31.6 Å². The monoisotopic (exact) mass is 410 g/mol. The lowest BCUT2D eigenvalue weighted by atomic mass is 9.63. The normalized spacial score (nSPS) is 34.5. The van der Waals surface area contributed by atoms with E-state index in [4.69, 9.17) is 4.74 Å². The number of pyridine rings is 1. The molecule has 1 saturated carbocycles. The van der Waals surface area contributed by atoms with Gasteiger partial charge in [0, 0.05) is 25.7 Å². The molecule has 4 atom stereocenters. The third kappa shape index (κ3) is 3.78. The molecule has 4 nitrogen and oxygen atoms in total. The maximum atomic E-state index is 12.3. The number of likely N-dealkylation sites (tertiary alicyclic amines) is 1. The molecular formula is C26H38N2O2. The molecule has 0 bridgehead atoms. The van der Waals surface area contributed by atoms with Crippen LogP contribution in [0.25, 0.3) is 5.57 Å². The number of hydrogen-bond acceptors (Lipinski definition) is 3. The Morgan fingerprint density at radius 3 is 2.70 bits per heavy atom. The average molecular weight is 411 g/mol. The van der Waals surface area contributed by atoms with Gasteiger partial charge in [0.1, 0.15) is 5.75 Å². The SMILES string of the molecule is COc1cncc(C2=CCC3CCCC4N(C(C)=O)CCCC4(C)CCCC23C)c1. The number of rotatable bonds is 2. The van der Waals surface area contributed by atoms with Crippen LogP contribution < -0.4 is 4.74 Å². The molecule has 4 unspecified atom stereocenters. The average Bonchev–Trinajstić information content (AvgIpc) is 3.05. The smallest absolute Gasteiger partial charge is 0.219 e. The van der Waals surface area contributed by atoms with Gasteiger partial charge < -0.3 is 9.64 Å². The highest BCUT2D eigenvalue weighted by atomic mass is 16.5. The summed E-state index contributed by atoms with van der Waals surface area (Å²) < 4.78 is 5.44. The fourth-order valence-electron chi connectivity index (χ4n) is 6.82. The van der Waals surface area contributed by atoms with Crippen molar-refractivity contribution in [2.75, 3.05) is 13.7 Å². The number of amides is 1. The number of allylic oxidation sites excluding steroid dienone is 2. The first-order valence-corrected chi connectivity index (χ1v) is 11.8. The summed E-state index contributed by atoms with van der Waals surface area (Å²) in [5.74, 6) is 1.78. The van der Waals surface area contributed by atoms with Gasteiger partial charge in [-0.3, -0.25) is 9.78 Å². The molecule has 1 saturated heterocycles. The van der Waals surface area contributed by atoms with Crippen molar-refractivity contribution < 1.29 is 9.53 Å². The fourth-order valence-corrected chi connectivity index (χ4v) is 6.82. The van der Waals surface area contributed by atoms with Crippen LogP contribution in [0.2, 0.25) is 0 Å². The van der Waals surface area contributed by atoms with Crippen molar-refractivity contribution >= 4 is 11.5 Å². The molecule has 30 heavy (non-hydrogen) atoms. The maximum absolute atomic E-state index is 12.3. The summed E-state index contributed by atoms with van der Waals surface area (Å²) in [4.78, 5) is 19.0. The molecule has 2 heterocycles. The van der Waals surface area contributed by atoms with Gasteiger partial charge in [0.2, 0.25) is 5.91 Å². The Bertz CT molecular complexity index is 819. The van der Waals surface area contributed by atoms with Gasteiger partial charge in [0.15, 0.2) is 0 Å². The Balaban J connectivity index is 1.58. The number of fused-ring (bicyclic) bond motifs is 2. The molecule has 4 heteroatoms. The van der Waals surface area contributed by atoms with Crippen LogP contribution in [0.4, 0.5) is 0 Å². The predicted octanol–water partition coefficient (Wildman–Crippen LogP) is 5.87. The molecule has 4 rings (SSSR count). The zero-order chi connectivity index (χ0) is 21.4. The summed E-state index contributed by atoms with van der Waals surface area (Å²) in [7, 11) is 1.71. The number of methoxy groups -OCH3 is 1. The third-order valence-corrected chi connectivity index (χ3v) is 8.59. The number of carbonyl (C=O) groups excluding carboxylic acids is 1. The third-order valence-electron chi connectivity index (χ3n) is 8.59. The Labute approximate surface area is 182 Å². The second-order valence-corrected chi connectivity index (χ2v) is 10.4. The first-order valence-electron chi connectivity index (χ1n) is 11.8. The Morgan fingerprint density at radius 2 is 1.93 bits per heavy atom. The molecule has 1 aromatic heterocycles. The van der Waals surface area contributed by atoms with E-state index >= 15 is 0 Å². The van der Waals surface area contributed by atoms with Crippen molar-refractivity contribution in [3.05, 3.63) is 30.1 Å². The molecular weight excluding hydrogens is 372 g/mol. The molecule has 0 radical (unpaired) electrons. The highest BCUT2D eigenvalue weighted by Gasteiger charge is 2.46. The van der Waals surface area contributed by atoms with Gasteiger partial charge in [-0.1, -0.05) is 32.8 Å². The van der Waals surface area contributed by atoms with E-state index in [1.165, 1.54) is 49.7 Å². The second-order valence-electron chi connectivity index (χ2n) is 10.4. The van der Waals surface area contributed by atoms with Gasteiger partial charge >= 0.3 is 0 Å². The number of ether oxygens (including phenoxy) is 1. The summed E-state index contributed by atoms with van der Waals surface area (Å²) in [5, 5.41) is 0. The summed E-state index contributed by atoms with van der Waals surface area (Å²) >= 11 is 0. The van der Waals surface area contributed by atoms with Crippen LogP contribution in [0.5, 0.6) is 5.75 Å². The van der Waals surface area contributed by atoms with Crippen molar-refractivity contribution in [1.29, 1.82) is 0 Å². The van der Waals surface area contributed by atoms with Gasteiger partial charge in [-0.25, -0.2) is 0 Å². The molecule has 0 aromatic carbocycles. The van der Waals surface area contributed by atoms with Crippen molar-refractivity contribution in [3.8, 4) is 5.75 Å². The standard InChI is InChI=1S/C26H38N2O2/c1-19(29)28-15-7-13-25(2)12-6-14-26(3)21(8-5-9-24(25)28)10-11-23(26)20-16-22(30-4)18-27-17-20/h11,16-18,21,24H,5-10,12-15H2,1-4H3. The van der Waals surface area contributed by atoms with E-state index in [9.17, 15) is 4.79 Å². The number of hydrogen-bond donors (Lipinski definition) is 0. The Morgan fingerprint density at radius 1 is 1.13 bits per heavy atom. The molecule has 1 amide bonds. The van der Waals surface area contributed by atoms with Crippen LogP contribution in [0, 0.1) is 16.7 Å². The maximum Gasteiger partial charge on any atom is 0.219 e. The number of carbonyl (C=O) groups is 1. The predicted molar refractivity (Wildman–Crippen MR) is 121 cm³/mol. The lowest BCUT2D eigenvalue weighted by Gasteiger charge is -2.50. The second kappa shape index (κ2) is 8.36. The lowest BCUT2D eigenvalue weighted by Crippen LogP contribution is -2.53. The summed E-state index contributed by atoms with van der Waals surface area (Å²) in [5.41, 5.74) is 3.15. The topological polar surface area (TPSA) is 42.4 Å². The first-order chi connectivity index (χ1) is 14.4. The zero-order valence-electron chi connectivity index (χ0n) is 19.2. The van der Waals surface area contributed by atoms with Crippen LogP contribution in [0.3, 0.4) is 0 Å². The minimum atomic E-state index is 0.201. The van der Waals surface area contributed by atoms with Crippen LogP contribution >= 0.6 is 0 Å². The van der Waals surface area contributed by atoms with E-state index in [2.05, 4.69) is 35.9 Å². The minimum absolute atomic E-state index is 0.201. The van der Waals surface area contributed by atoms with E-state index < -0.39 is 0 Å². The summed E-state index contributed by atoms with van der Waals surface area (Å²) in [6.07, 6.45) is 17.1. The first kappa shape index (κ1) is 21.4. The molecule has 1 aromatic rings. The Kier molecular flexibility index (Phi) is 5.96. The molecule has 164 valence electrons. The number of piperidine rings is 1. The van der Waals surface area contributed by atoms with Gasteiger partial charge in [0.05, 0.1) is 13.3 Å². The van der Waals surface area contributed by atoms with Gasteiger partial charge in [-0.2, -0.15) is 0 Å². The van der Waals surface area contributed by atoms with Crippen LogP contribution in [0.15, 0.2) is 24.5 Å². The van der Waals surface area contributed by atoms with Crippen molar-refractivity contribution in [1.82, 2.24) is 9.88 Å². The van der Waals surface area contributed by atoms with Crippen molar-refractivity contribution in [2.45, 2.75) is 84.6 Å². The highest BCUT2D eigenvalue weighted by molar-refractivity contribution is 5.74. The molecule has 1 aliphatic heterocycles. The van der Waals surface area contributed by atoms with Gasteiger partial charge in [-0.05, 0) is 78.9 Å². The molecule has 3 aliphatic rings. The van der Waals surface area contributed by atoms with Crippen LogP contribution in [0.1, 0.15) is 84.1 Å². The number of aromatic nitrogens is 1. The Hall–Kier alpha value is -1.84.